The van der Waals surface area contributed by atoms with E-state index in [2.05, 4.69) is 28.8 Å². The second kappa shape index (κ2) is 9.22. The smallest absolute Gasteiger partial charge is 0.331 e. The van der Waals surface area contributed by atoms with E-state index < -0.39 is 0 Å². The van der Waals surface area contributed by atoms with Crippen LogP contribution in [0.1, 0.15) is 44.0 Å². The number of rotatable bonds is 7. The molecule has 4 aromatic rings. The maximum Gasteiger partial charge on any atom is 0.331 e. The van der Waals surface area contributed by atoms with Gasteiger partial charge in [-0.25, -0.2) is 9.78 Å². The molecule has 0 amide bonds. The zero-order chi connectivity index (χ0) is 22.8. The van der Waals surface area contributed by atoms with Gasteiger partial charge in [0.1, 0.15) is 0 Å². The molecule has 0 aliphatic rings. The summed E-state index contributed by atoms with van der Waals surface area (Å²) in [7, 11) is 0. The van der Waals surface area contributed by atoms with E-state index in [1.54, 1.807) is 24.5 Å². The number of para-hydroxylation sites is 1. The summed E-state index contributed by atoms with van der Waals surface area (Å²) < 4.78 is 9.34. The molecule has 9 heteroatoms. The second-order valence-electron chi connectivity index (χ2n) is 7.83. The summed E-state index contributed by atoms with van der Waals surface area (Å²) in [4.78, 5) is 24.2. The van der Waals surface area contributed by atoms with Crippen molar-refractivity contribution in [3.05, 3.63) is 86.9 Å². The number of pyridine rings is 1. The molecule has 1 aromatic carbocycles. The van der Waals surface area contributed by atoms with Crippen LogP contribution in [0, 0.1) is 0 Å². The SMILES string of the molecule is CC(C)c1cn(-c2ccccc2Cl)c(OCC(C)c2cn(-c3ncccc3Cl)c(=O)[nH]2)n1. The lowest BCUT2D eigenvalue weighted by Gasteiger charge is -2.13. The Morgan fingerprint density at radius 2 is 1.78 bits per heavy atom. The Labute approximate surface area is 195 Å². The first-order valence-corrected chi connectivity index (χ1v) is 11.0. The number of hydrogen-bond acceptors (Lipinski definition) is 4. The van der Waals surface area contributed by atoms with Gasteiger partial charge in [-0.1, -0.05) is 56.1 Å². The van der Waals surface area contributed by atoms with E-state index in [0.717, 1.165) is 11.4 Å². The zero-order valence-electron chi connectivity index (χ0n) is 17.9. The molecule has 7 nitrogen and oxygen atoms in total. The maximum atomic E-state index is 12.5. The lowest BCUT2D eigenvalue weighted by Crippen LogP contribution is -2.16. The summed E-state index contributed by atoms with van der Waals surface area (Å²) >= 11 is 12.6. The van der Waals surface area contributed by atoms with Crippen LogP contribution in [0.15, 0.2) is 59.8 Å². The van der Waals surface area contributed by atoms with E-state index in [9.17, 15) is 4.79 Å². The molecule has 0 saturated carbocycles. The standard InChI is InChI=1S/C23H23Cl2N5O2/c1-14(2)18-11-29(20-9-5-4-7-16(20)24)23(28-18)32-13-15(3)19-12-30(22(31)27-19)21-17(25)8-6-10-26-21/h4-12,14-15H,13H2,1-3H3,(H,27,31). The minimum Gasteiger partial charge on any atom is -0.464 e. The molecule has 0 fully saturated rings. The van der Waals surface area contributed by atoms with E-state index in [4.69, 9.17) is 27.9 Å². The molecule has 0 aliphatic carbocycles. The number of nitrogens with one attached hydrogen (secondary N) is 1. The van der Waals surface area contributed by atoms with Crippen molar-refractivity contribution in [2.45, 2.75) is 32.6 Å². The van der Waals surface area contributed by atoms with Gasteiger partial charge in [-0.15, -0.1) is 0 Å². The highest BCUT2D eigenvalue weighted by atomic mass is 35.5. The Balaban J connectivity index is 1.58. The van der Waals surface area contributed by atoms with Crippen LogP contribution >= 0.6 is 23.2 Å². The van der Waals surface area contributed by atoms with Crippen LogP contribution in [-0.4, -0.2) is 30.7 Å². The average molecular weight is 472 g/mol. The molecule has 0 spiro atoms. The van der Waals surface area contributed by atoms with Crippen molar-refractivity contribution in [1.82, 2.24) is 24.1 Å². The van der Waals surface area contributed by atoms with E-state index in [-0.39, 0.29) is 17.5 Å². The van der Waals surface area contributed by atoms with E-state index in [1.807, 2.05) is 42.0 Å². The largest absolute Gasteiger partial charge is 0.464 e. The average Bonchev–Trinajstić information content (AvgIpc) is 3.37. The molecule has 1 N–H and O–H groups in total. The zero-order valence-corrected chi connectivity index (χ0v) is 19.4. The van der Waals surface area contributed by atoms with Crippen molar-refractivity contribution in [2.24, 2.45) is 0 Å². The number of H-pyrrole nitrogens is 1. The Hall–Kier alpha value is -3.03. The fraction of sp³-hybridized carbons (Fsp3) is 0.261. The number of hydrogen-bond donors (Lipinski definition) is 1. The lowest BCUT2D eigenvalue weighted by atomic mass is 10.1. The molecular weight excluding hydrogens is 449 g/mol. The molecule has 0 saturated heterocycles. The van der Waals surface area contributed by atoms with Crippen molar-refractivity contribution in [1.29, 1.82) is 0 Å². The predicted molar refractivity (Wildman–Crippen MR) is 126 cm³/mol. The highest BCUT2D eigenvalue weighted by molar-refractivity contribution is 6.32. The molecular formula is C23H23Cl2N5O2. The quantitative estimate of drug-likeness (QED) is 0.393. The number of nitrogens with zero attached hydrogens (tertiary/aromatic N) is 4. The van der Waals surface area contributed by atoms with Crippen molar-refractivity contribution < 1.29 is 4.74 Å². The number of ether oxygens (including phenoxy) is 1. The fourth-order valence-electron chi connectivity index (χ4n) is 3.25. The summed E-state index contributed by atoms with van der Waals surface area (Å²) in [5, 5.41) is 0.999. The minimum atomic E-state index is -0.313. The van der Waals surface area contributed by atoms with Crippen molar-refractivity contribution in [3.63, 3.8) is 0 Å². The predicted octanol–water partition coefficient (Wildman–Crippen LogP) is 5.36. The van der Waals surface area contributed by atoms with Crippen LogP contribution < -0.4 is 10.4 Å². The van der Waals surface area contributed by atoms with Crippen LogP contribution in [0.5, 0.6) is 6.01 Å². The van der Waals surface area contributed by atoms with Gasteiger partial charge in [0, 0.05) is 30.2 Å². The first kappa shape index (κ1) is 22.2. The number of benzene rings is 1. The van der Waals surface area contributed by atoms with Crippen LogP contribution in [0.2, 0.25) is 10.0 Å². The van der Waals surface area contributed by atoms with Crippen LogP contribution in [0.4, 0.5) is 0 Å². The monoisotopic (exact) mass is 471 g/mol. The molecule has 166 valence electrons. The first-order chi connectivity index (χ1) is 15.3. The summed E-state index contributed by atoms with van der Waals surface area (Å²) in [5.41, 5.74) is 2.08. The molecule has 0 radical (unpaired) electrons. The summed E-state index contributed by atoms with van der Waals surface area (Å²) in [5.74, 6) is 0.489. The third-order valence-corrected chi connectivity index (χ3v) is 5.71. The van der Waals surface area contributed by atoms with Gasteiger partial charge >= 0.3 is 11.7 Å². The Bertz CT molecular complexity index is 1290. The third-order valence-electron chi connectivity index (χ3n) is 5.09. The normalized spacial score (nSPS) is 12.3. The van der Waals surface area contributed by atoms with Crippen LogP contribution in [0.3, 0.4) is 0 Å². The van der Waals surface area contributed by atoms with Gasteiger partial charge in [0.25, 0.3) is 0 Å². The molecule has 4 rings (SSSR count). The Morgan fingerprint density at radius 1 is 1.03 bits per heavy atom. The highest BCUT2D eigenvalue weighted by Crippen LogP contribution is 2.28. The number of imidazole rings is 2. The van der Waals surface area contributed by atoms with Gasteiger partial charge in [-0.2, -0.15) is 4.98 Å². The van der Waals surface area contributed by atoms with Crippen LogP contribution in [-0.2, 0) is 0 Å². The molecule has 0 aliphatic heterocycles. The fourth-order valence-corrected chi connectivity index (χ4v) is 3.69. The van der Waals surface area contributed by atoms with Gasteiger partial charge in [0.05, 0.1) is 28.0 Å². The van der Waals surface area contributed by atoms with Gasteiger partial charge in [-0.05, 0) is 30.2 Å². The maximum absolute atomic E-state index is 12.5. The van der Waals surface area contributed by atoms with E-state index in [1.165, 1.54) is 4.57 Å². The number of halogens is 2. The summed E-state index contributed by atoms with van der Waals surface area (Å²) in [6.07, 6.45) is 5.23. The van der Waals surface area contributed by atoms with E-state index >= 15 is 0 Å². The first-order valence-electron chi connectivity index (χ1n) is 10.2. The lowest BCUT2D eigenvalue weighted by molar-refractivity contribution is 0.267. The minimum absolute atomic E-state index is 0.120. The van der Waals surface area contributed by atoms with Gasteiger partial charge in [0.15, 0.2) is 5.82 Å². The molecule has 1 atom stereocenters. The molecule has 1 unspecified atom stereocenters. The second-order valence-corrected chi connectivity index (χ2v) is 8.64. The molecule has 32 heavy (non-hydrogen) atoms. The van der Waals surface area contributed by atoms with Gasteiger partial charge in [0.2, 0.25) is 0 Å². The van der Waals surface area contributed by atoms with Crippen molar-refractivity contribution in [3.8, 4) is 17.5 Å². The number of aromatic nitrogens is 5. The Kier molecular flexibility index (Phi) is 6.39. The summed E-state index contributed by atoms with van der Waals surface area (Å²) in [6, 6.07) is 11.4. The molecule has 3 heterocycles. The van der Waals surface area contributed by atoms with Crippen molar-refractivity contribution in [2.75, 3.05) is 6.61 Å². The topological polar surface area (TPSA) is 77.7 Å². The van der Waals surface area contributed by atoms with Gasteiger partial charge < -0.3 is 9.72 Å². The van der Waals surface area contributed by atoms with E-state index in [0.29, 0.717) is 34.2 Å². The molecule has 3 aromatic heterocycles. The number of aromatic amines is 1. The Morgan fingerprint density at radius 3 is 2.50 bits per heavy atom. The van der Waals surface area contributed by atoms with Crippen LogP contribution in [0.25, 0.3) is 11.5 Å². The van der Waals surface area contributed by atoms with Crippen molar-refractivity contribution >= 4 is 23.2 Å². The highest BCUT2D eigenvalue weighted by Gasteiger charge is 2.18. The molecule has 0 bridgehead atoms. The van der Waals surface area contributed by atoms with Gasteiger partial charge in [-0.3, -0.25) is 9.13 Å². The third kappa shape index (κ3) is 4.45. The summed E-state index contributed by atoms with van der Waals surface area (Å²) in [6.45, 7) is 6.40.